The summed E-state index contributed by atoms with van der Waals surface area (Å²) in [7, 11) is 0. The molecule has 15 heavy (non-hydrogen) atoms. The Kier molecular flexibility index (Phi) is 3.69. The van der Waals surface area contributed by atoms with Gasteiger partial charge in [-0.05, 0) is 13.0 Å². The molecule has 4 nitrogen and oxygen atoms in total. The zero-order chi connectivity index (χ0) is 11.3. The zero-order valence-electron chi connectivity index (χ0n) is 8.47. The van der Waals surface area contributed by atoms with Gasteiger partial charge in [0.2, 0.25) is 0 Å². The molecule has 1 rings (SSSR count). The fourth-order valence-electron chi connectivity index (χ4n) is 1.16. The summed E-state index contributed by atoms with van der Waals surface area (Å²) < 4.78 is 0. The van der Waals surface area contributed by atoms with Crippen molar-refractivity contribution in [3.63, 3.8) is 0 Å². The molecule has 0 spiro atoms. The average molecular weight is 204 g/mol. The summed E-state index contributed by atoms with van der Waals surface area (Å²) in [4.78, 5) is 17.0. The van der Waals surface area contributed by atoms with Gasteiger partial charge in [-0.3, -0.25) is 9.78 Å². The lowest BCUT2D eigenvalue weighted by Gasteiger charge is -2.17. The van der Waals surface area contributed by atoms with Gasteiger partial charge < -0.3 is 10.0 Å². The molecule has 0 aromatic carbocycles. The maximum atomic E-state index is 11.8. The lowest BCUT2D eigenvalue weighted by atomic mass is 10.2. The van der Waals surface area contributed by atoms with Crippen LogP contribution in [0, 0.1) is 12.3 Å². The fourth-order valence-corrected chi connectivity index (χ4v) is 1.16. The highest BCUT2D eigenvalue weighted by Crippen LogP contribution is 2.10. The minimum atomic E-state index is -0.223. The Morgan fingerprint density at radius 1 is 1.67 bits per heavy atom. The Balaban J connectivity index is 2.88. The van der Waals surface area contributed by atoms with E-state index in [1.807, 2.05) is 6.92 Å². The number of hydrogen-bond donors (Lipinski definition) is 1. The third-order valence-corrected chi connectivity index (χ3v) is 1.92. The van der Waals surface area contributed by atoms with Crippen LogP contribution >= 0.6 is 0 Å². The van der Waals surface area contributed by atoms with Crippen LogP contribution in [0.2, 0.25) is 0 Å². The molecule has 0 aliphatic carbocycles. The summed E-state index contributed by atoms with van der Waals surface area (Å²) in [6.07, 6.45) is 7.82. The summed E-state index contributed by atoms with van der Waals surface area (Å²) in [5.41, 5.74) is 0.340. The number of aromatic hydroxyl groups is 1. The quantitative estimate of drug-likeness (QED) is 0.744. The molecular weight excluding hydrogens is 192 g/mol. The molecule has 1 N–H and O–H groups in total. The van der Waals surface area contributed by atoms with Gasteiger partial charge in [0.05, 0.1) is 18.3 Å². The first-order chi connectivity index (χ1) is 7.19. The van der Waals surface area contributed by atoms with Crippen LogP contribution in [0.4, 0.5) is 0 Å². The third-order valence-electron chi connectivity index (χ3n) is 1.92. The molecule has 0 radical (unpaired) electrons. The number of amides is 1. The molecule has 0 aliphatic heterocycles. The molecule has 78 valence electrons. The normalized spacial score (nSPS) is 9.33. The predicted octanol–water partition coefficient (Wildman–Crippen LogP) is 0.883. The first kappa shape index (κ1) is 11.1. The van der Waals surface area contributed by atoms with Gasteiger partial charge in [-0.15, -0.1) is 6.42 Å². The SMILES string of the molecule is C#CCN(CC)C(=O)c1cncc(O)c1. The van der Waals surface area contributed by atoms with Gasteiger partial charge >= 0.3 is 0 Å². The number of terminal acetylenes is 1. The average Bonchev–Trinajstić information content (AvgIpc) is 2.25. The Hall–Kier alpha value is -2.02. The van der Waals surface area contributed by atoms with Crippen LogP contribution < -0.4 is 0 Å². The number of carbonyl (C=O) groups excluding carboxylic acids is 1. The van der Waals surface area contributed by atoms with Crippen LogP contribution in [0.15, 0.2) is 18.5 Å². The molecule has 0 aliphatic rings. The second kappa shape index (κ2) is 5.01. The van der Waals surface area contributed by atoms with Gasteiger partial charge in [-0.1, -0.05) is 5.92 Å². The van der Waals surface area contributed by atoms with Gasteiger partial charge in [0, 0.05) is 12.7 Å². The molecule has 0 saturated carbocycles. The Bertz CT molecular complexity index is 396. The topological polar surface area (TPSA) is 53.4 Å². The Morgan fingerprint density at radius 2 is 2.40 bits per heavy atom. The second-order valence-electron chi connectivity index (χ2n) is 2.96. The minimum absolute atomic E-state index is 0.0300. The van der Waals surface area contributed by atoms with Gasteiger partial charge in [0.1, 0.15) is 5.75 Å². The third kappa shape index (κ3) is 2.71. The summed E-state index contributed by atoms with van der Waals surface area (Å²) in [6.45, 7) is 2.62. The van der Waals surface area contributed by atoms with Gasteiger partial charge in [0.25, 0.3) is 5.91 Å². The number of nitrogens with zero attached hydrogens (tertiary/aromatic N) is 2. The number of aromatic nitrogens is 1. The molecule has 1 aromatic heterocycles. The lowest BCUT2D eigenvalue weighted by Crippen LogP contribution is -2.31. The van der Waals surface area contributed by atoms with Crippen LogP contribution in [0.1, 0.15) is 17.3 Å². The minimum Gasteiger partial charge on any atom is -0.506 e. The zero-order valence-corrected chi connectivity index (χ0v) is 8.47. The van der Waals surface area contributed by atoms with E-state index in [0.29, 0.717) is 12.1 Å². The van der Waals surface area contributed by atoms with Crippen molar-refractivity contribution in [3.05, 3.63) is 24.0 Å². The molecule has 0 saturated heterocycles. The molecule has 0 fully saturated rings. The van der Waals surface area contributed by atoms with E-state index in [9.17, 15) is 9.90 Å². The highest BCUT2D eigenvalue weighted by atomic mass is 16.3. The lowest BCUT2D eigenvalue weighted by molar-refractivity contribution is 0.0784. The Morgan fingerprint density at radius 3 is 2.93 bits per heavy atom. The van der Waals surface area contributed by atoms with Crippen molar-refractivity contribution in [2.24, 2.45) is 0 Å². The predicted molar refractivity (Wildman–Crippen MR) is 56.3 cm³/mol. The van der Waals surface area contributed by atoms with Crippen molar-refractivity contribution in [1.29, 1.82) is 0 Å². The maximum Gasteiger partial charge on any atom is 0.256 e. The van der Waals surface area contributed by atoms with Crippen LogP contribution in [0.25, 0.3) is 0 Å². The van der Waals surface area contributed by atoms with E-state index in [1.54, 1.807) is 0 Å². The summed E-state index contributed by atoms with van der Waals surface area (Å²) in [5.74, 6) is 2.15. The molecule has 0 atom stereocenters. The van der Waals surface area contributed by atoms with Crippen molar-refractivity contribution in [2.45, 2.75) is 6.92 Å². The molecule has 0 unspecified atom stereocenters. The standard InChI is InChI=1S/C11H12N2O2/c1-3-5-13(4-2)11(15)9-6-10(14)8-12-7-9/h1,6-8,14H,4-5H2,2H3. The van der Waals surface area contributed by atoms with E-state index in [4.69, 9.17) is 6.42 Å². The highest BCUT2D eigenvalue weighted by Gasteiger charge is 2.13. The van der Waals surface area contributed by atoms with E-state index in [2.05, 4.69) is 10.9 Å². The van der Waals surface area contributed by atoms with Crippen molar-refractivity contribution >= 4 is 5.91 Å². The van der Waals surface area contributed by atoms with Crippen molar-refractivity contribution in [3.8, 4) is 18.1 Å². The molecular formula is C11H12N2O2. The first-order valence-corrected chi connectivity index (χ1v) is 4.55. The van der Waals surface area contributed by atoms with Crippen LogP contribution in [0.5, 0.6) is 5.75 Å². The Labute approximate surface area is 88.6 Å². The van der Waals surface area contributed by atoms with Crippen LogP contribution in [0.3, 0.4) is 0 Å². The number of rotatable bonds is 3. The molecule has 1 amide bonds. The number of pyridine rings is 1. The molecule has 1 aromatic rings. The van der Waals surface area contributed by atoms with E-state index < -0.39 is 0 Å². The van der Waals surface area contributed by atoms with E-state index in [1.165, 1.54) is 23.4 Å². The fraction of sp³-hybridized carbons (Fsp3) is 0.273. The summed E-state index contributed by atoms with van der Waals surface area (Å²) >= 11 is 0. The molecule has 0 bridgehead atoms. The van der Waals surface area contributed by atoms with E-state index in [0.717, 1.165) is 0 Å². The highest BCUT2D eigenvalue weighted by molar-refractivity contribution is 5.94. The molecule has 4 heteroatoms. The van der Waals surface area contributed by atoms with Crippen LogP contribution in [-0.2, 0) is 0 Å². The van der Waals surface area contributed by atoms with E-state index in [-0.39, 0.29) is 18.2 Å². The monoisotopic (exact) mass is 204 g/mol. The second-order valence-corrected chi connectivity index (χ2v) is 2.96. The number of carbonyl (C=O) groups is 1. The van der Waals surface area contributed by atoms with Crippen molar-refractivity contribution in [1.82, 2.24) is 9.88 Å². The largest absolute Gasteiger partial charge is 0.506 e. The van der Waals surface area contributed by atoms with Gasteiger partial charge in [0.15, 0.2) is 0 Å². The first-order valence-electron chi connectivity index (χ1n) is 4.55. The maximum absolute atomic E-state index is 11.8. The summed E-state index contributed by atoms with van der Waals surface area (Å²) in [5, 5.41) is 9.17. The number of hydrogen-bond acceptors (Lipinski definition) is 3. The molecule has 1 heterocycles. The van der Waals surface area contributed by atoms with Gasteiger partial charge in [-0.2, -0.15) is 0 Å². The van der Waals surface area contributed by atoms with Crippen molar-refractivity contribution < 1.29 is 9.90 Å². The summed E-state index contributed by atoms with van der Waals surface area (Å²) in [6, 6.07) is 1.37. The van der Waals surface area contributed by atoms with Gasteiger partial charge in [-0.25, -0.2) is 0 Å². The van der Waals surface area contributed by atoms with Crippen molar-refractivity contribution in [2.75, 3.05) is 13.1 Å². The van der Waals surface area contributed by atoms with Crippen LogP contribution in [-0.4, -0.2) is 34.0 Å². The van der Waals surface area contributed by atoms with E-state index >= 15 is 0 Å². The smallest absolute Gasteiger partial charge is 0.256 e.